The topological polar surface area (TPSA) is 57.7 Å². The van der Waals surface area contributed by atoms with Gasteiger partial charge in [0.2, 0.25) is 0 Å². The maximum Gasteiger partial charge on any atom is 0.150 e. The number of hydrogen-bond donors (Lipinski definition) is 1. The average molecular weight is 299 g/mol. The highest BCUT2D eigenvalue weighted by Gasteiger charge is 2.25. The fourth-order valence-corrected chi connectivity index (χ4v) is 4.09. The van der Waals surface area contributed by atoms with E-state index in [1.807, 2.05) is 12.4 Å². The molecule has 0 bridgehead atoms. The highest BCUT2D eigenvalue weighted by molar-refractivity contribution is 7.18. The van der Waals surface area contributed by atoms with Crippen molar-refractivity contribution in [3.8, 4) is 0 Å². The van der Waals surface area contributed by atoms with Crippen molar-refractivity contribution in [1.82, 2.24) is 19.9 Å². The molecule has 0 radical (unpaired) electrons. The molecule has 1 atom stereocenters. The summed E-state index contributed by atoms with van der Waals surface area (Å²) >= 11 is 1.74. The number of piperidine rings is 1. The predicted octanol–water partition coefficient (Wildman–Crippen LogP) is 3.11. The van der Waals surface area contributed by atoms with Gasteiger partial charge in [0, 0.05) is 31.4 Å². The first-order valence-electron chi connectivity index (χ1n) is 7.26. The van der Waals surface area contributed by atoms with Crippen molar-refractivity contribution in [1.29, 1.82) is 0 Å². The van der Waals surface area contributed by atoms with Gasteiger partial charge in [0.15, 0.2) is 0 Å². The van der Waals surface area contributed by atoms with Crippen LogP contribution in [0.2, 0.25) is 0 Å². The molecule has 1 N–H and O–H groups in total. The van der Waals surface area contributed by atoms with Gasteiger partial charge in [0.25, 0.3) is 0 Å². The van der Waals surface area contributed by atoms with Crippen molar-refractivity contribution in [3.63, 3.8) is 0 Å². The monoisotopic (exact) mass is 299 g/mol. The summed E-state index contributed by atoms with van der Waals surface area (Å²) in [5.74, 6) is 2.63. The summed E-state index contributed by atoms with van der Waals surface area (Å²) in [6, 6.07) is 0. The van der Waals surface area contributed by atoms with E-state index in [2.05, 4.69) is 37.1 Å². The maximum atomic E-state index is 4.55. The minimum absolute atomic E-state index is 0.458. The number of hydrogen-bond acceptors (Lipinski definition) is 5. The largest absolute Gasteiger partial charge is 0.355 e. The number of anilines is 1. The summed E-state index contributed by atoms with van der Waals surface area (Å²) in [5.41, 5.74) is 2.32. The molecule has 4 heterocycles. The first-order chi connectivity index (χ1) is 10.3. The Kier molecular flexibility index (Phi) is 3.11. The minimum Gasteiger partial charge on any atom is -0.355 e. The third-order valence-corrected chi connectivity index (χ3v) is 5.22. The Balaban J connectivity index is 1.68. The third kappa shape index (κ3) is 2.19. The van der Waals surface area contributed by atoms with Crippen LogP contribution < -0.4 is 4.90 Å². The number of imidazole rings is 1. The zero-order valence-corrected chi connectivity index (χ0v) is 12.7. The molecule has 3 aromatic rings. The highest BCUT2D eigenvalue weighted by Crippen LogP contribution is 2.34. The SMILES string of the molecule is Cc1csc2c(N3CCCC(c4ncc[nH]4)C3)ncnc12. The summed E-state index contributed by atoms with van der Waals surface area (Å²) in [4.78, 5) is 19.0. The second-order valence-corrected chi connectivity index (χ2v) is 6.43. The van der Waals surface area contributed by atoms with Crippen molar-refractivity contribution in [3.05, 3.63) is 35.5 Å². The van der Waals surface area contributed by atoms with Crippen LogP contribution >= 0.6 is 11.3 Å². The maximum absolute atomic E-state index is 4.55. The summed E-state index contributed by atoms with van der Waals surface area (Å²) in [5, 5.41) is 2.16. The first-order valence-corrected chi connectivity index (χ1v) is 8.14. The smallest absolute Gasteiger partial charge is 0.150 e. The van der Waals surface area contributed by atoms with Crippen molar-refractivity contribution in [2.75, 3.05) is 18.0 Å². The van der Waals surface area contributed by atoms with Gasteiger partial charge in [-0.3, -0.25) is 0 Å². The number of aromatic nitrogens is 4. The van der Waals surface area contributed by atoms with E-state index < -0.39 is 0 Å². The van der Waals surface area contributed by atoms with Crippen LogP contribution in [-0.2, 0) is 0 Å². The van der Waals surface area contributed by atoms with Gasteiger partial charge in [0.1, 0.15) is 18.0 Å². The lowest BCUT2D eigenvalue weighted by Gasteiger charge is -2.32. The molecule has 1 unspecified atom stereocenters. The van der Waals surface area contributed by atoms with Gasteiger partial charge < -0.3 is 9.88 Å². The molecule has 1 saturated heterocycles. The Morgan fingerprint density at radius 2 is 2.29 bits per heavy atom. The number of fused-ring (bicyclic) bond motifs is 1. The molecular weight excluding hydrogens is 282 g/mol. The first kappa shape index (κ1) is 12.8. The second-order valence-electron chi connectivity index (χ2n) is 5.55. The molecule has 0 amide bonds. The molecule has 1 aliphatic rings. The van der Waals surface area contributed by atoms with Crippen molar-refractivity contribution < 1.29 is 0 Å². The van der Waals surface area contributed by atoms with E-state index in [0.29, 0.717) is 5.92 Å². The molecule has 0 saturated carbocycles. The number of H-pyrrole nitrogens is 1. The lowest BCUT2D eigenvalue weighted by molar-refractivity contribution is 0.492. The number of rotatable bonds is 2. The van der Waals surface area contributed by atoms with Crippen LogP contribution in [0.15, 0.2) is 24.1 Å². The molecule has 0 spiro atoms. The quantitative estimate of drug-likeness (QED) is 0.790. The van der Waals surface area contributed by atoms with E-state index in [1.165, 1.54) is 23.1 Å². The minimum atomic E-state index is 0.458. The van der Waals surface area contributed by atoms with E-state index in [0.717, 1.165) is 30.2 Å². The summed E-state index contributed by atoms with van der Waals surface area (Å²) < 4.78 is 1.20. The van der Waals surface area contributed by atoms with Gasteiger partial charge >= 0.3 is 0 Å². The average Bonchev–Trinajstić information content (AvgIpc) is 3.18. The lowest BCUT2D eigenvalue weighted by atomic mass is 9.97. The highest BCUT2D eigenvalue weighted by atomic mass is 32.1. The molecule has 1 aliphatic heterocycles. The van der Waals surface area contributed by atoms with E-state index >= 15 is 0 Å². The molecule has 1 fully saturated rings. The van der Waals surface area contributed by atoms with Crippen molar-refractivity contribution in [2.24, 2.45) is 0 Å². The zero-order valence-electron chi connectivity index (χ0n) is 11.9. The summed E-state index contributed by atoms with van der Waals surface area (Å²) in [6.45, 7) is 4.13. The van der Waals surface area contributed by atoms with E-state index in [9.17, 15) is 0 Å². The number of aromatic amines is 1. The van der Waals surface area contributed by atoms with Gasteiger partial charge in [-0.15, -0.1) is 11.3 Å². The molecule has 108 valence electrons. The molecule has 21 heavy (non-hydrogen) atoms. The molecule has 0 aromatic carbocycles. The fourth-order valence-electron chi connectivity index (χ4n) is 3.08. The molecule has 3 aromatic heterocycles. The molecule has 0 aliphatic carbocycles. The van der Waals surface area contributed by atoms with Crippen molar-refractivity contribution >= 4 is 27.4 Å². The van der Waals surface area contributed by atoms with Crippen LogP contribution in [0.1, 0.15) is 30.1 Å². The van der Waals surface area contributed by atoms with Crippen LogP contribution in [-0.4, -0.2) is 33.0 Å². The lowest BCUT2D eigenvalue weighted by Crippen LogP contribution is -2.35. The molecular formula is C15H17N5S. The number of aryl methyl sites for hydroxylation is 1. The van der Waals surface area contributed by atoms with Gasteiger partial charge in [-0.25, -0.2) is 15.0 Å². The Labute approximate surface area is 127 Å². The van der Waals surface area contributed by atoms with Crippen LogP contribution in [0.25, 0.3) is 10.2 Å². The van der Waals surface area contributed by atoms with Crippen molar-refractivity contribution in [2.45, 2.75) is 25.7 Å². The van der Waals surface area contributed by atoms with Crippen LogP contribution in [0.4, 0.5) is 5.82 Å². The molecule has 5 nitrogen and oxygen atoms in total. The number of nitrogens with one attached hydrogen (secondary N) is 1. The van der Waals surface area contributed by atoms with Crippen LogP contribution in [0.5, 0.6) is 0 Å². The van der Waals surface area contributed by atoms with E-state index in [4.69, 9.17) is 0 Å². The van der Waals surface area contributed by atoms with E-state index in [-0.39, 0.29) is 0 Å². The normalized spacial score (nSPS) is 19.3. The summed E-state index contributed by atoms with van der Waals surface area (Å²) in [6.07, 6.45) is 7.77. The van der Waals surface area contributed by atoms with Crippen LogP contribution in [0.3, 0.4) is 0 Å². The third-order valence-electron chi connectivity index (χ3n) is 4.14. The van der Waals surface area contributed by atoms with Crippen LogP contribution in [0, 0.1) is 6.92 Å². The van der Waals surface area contributed by atoms with Gasteiger partial charge in [-0.05, 0) is 30.7 Å². The Morgan fingerprint density at radius 3 is 3.14 bits per heavy atom. The Morgan fingerprint density at radius 1 is 1.33 bits per heavy atom. The predicted molar refractivity (Wildman–Crippen MR) is 84.9 cm³/mol. The molecule has 4 rings (SSSR count). The number of thiophene rings is 1. The molecule has 6 heteroatoms. The Hall–Kier alpha value is -1.95. The summed E-state index contributed by atoms with van der Waals surface area (Å²) in [7, 11) is 0. The van der Waals surface area contributed by atoms with E-state index in [1.54, 1.807) is 17.7 Å². The van der Waals surface area contributed by atoms with Gasteiger partial charge in [-0.2, -0.15) is 0 Å². The number of nitrogens with zero attached hydrogens (tertiary/aromatic N) is 4. The fraction of sp³-hybridized carbons (Fsp3) is 0.400. The van der Waals surface area contributed by atoms with Gasteiger partial charge in [-0.1, -0.05) is 0 Å². The van der Waals surface area contributed by atoms with Gasteiger partial charge in [0.05, 0.1) is 10.2 Å². The Bertz CT molecular complexity index is 749. The zero-order chi connectivity index (χ0) is 14.2. The second kappa shape index (κ2) is 5.11. The standard InChI is InChI=1S/C15H17N5S/c1-10-8-21-13-12(10)18-9-19-15(13)20-6-2-3-11(7-20)14-16-4-5-17-14/h4-5,8-9,11H,2-3,6-7H2,1H3,(H,16,17).